The fourth-order valence-electron chi connectivity index (χ4n) is 2.94. The van der Waals surface area contributed by atoms with Crippen LogP contribution in [0.15, 0.2) is 18.2 Å². The van der Waals surface area contributed by atoms with E-state index in [1.807, 2.05) is 0 Å². The molecule has 0 aromatic heterocycles. The largest absolute Gasteiger partial charge is 0.416 e. The summed E-state index contributed by atoms with van der Waals surface area (Å²) in [5.41, 5.74) is -3.72. The number of hydrogen-bond acceptors (Lipinski definition) is 3. The van der Waals surface area contributed by atoms with Gasteiger partial charge >= 0.3 is 12.4 Å². The van der Waals surface area contributed by atoms with E-state index in [9.17, 15) is 35.9 Å². The lowest BCUT2D eigenvalue weighted by atomic mass is 10.0. The molecule has 1 heterocycles. The number of nitrogens with one attached hydrogen (secondary N) is 1. The summed E-state index contributed by atoms with van der Waals surface area (Å²) in [7, 11) is 0. The van der Waals surface area contributed by atoms with E-state index in [2.05, 4.69) is 5.32 Å². The molecule has 0 bridgehead atoms. The van der Waals surface area contributed by atoms with E-state index in [1.165, 1.54) is 4.90 Å². The predicted octanol–water partition coefficient (Wildman–Crippen LogP) is 3.01. The zero-order valence-corrected chi connectivity index (χ0v) is 15.8. The van der Waals surface area contributed by atoms with Crippen molar-refractivity contribution in [1.82, 2.24) is 15.1 Å². The van der Waals surface area contributed by atoms with Crippen LogP contribution in [0.1, 0.15) is 35.3 Å². The van der Waals surface area contributed by atoms with Crippen molar-refractivity contribution < 1.29 is 35.9 Å². The Kier molecular flexibility index (Phi) is 6.82. The molecule has 2 amide bonds. The molecule has 1 N–H and O–H groups in total. The third-order valence-corrected chi connectivity index (χ3v) is 4.31. The highest BCUT2D eigenvalue weighted by Crippen LogP contribution is 2.36. The summed E-state index contributed by atoms with van der Waals surface area (Å²) < 4.78 is 77.8. The lowest BCUT2D eigenvalue weighted by Gasteiger charge is -2.34. The molecule has 1 aromatic rings. The third-order valence-electron chi connectivity index (χ3n) is 4.31. The van der Waals surface area contributed by atoms with Crippen LogP contribution >= 0.6 is 0 Å². The van der Waals surface area contributed by atoms with Crippen molar-refractivity contribution in [2.75, 3.05) is 32.7 Å². The molecule has 1 aliphatic rings. The van der Waals surface area contributed by atoms with Crippen molar-refractivity contribution in [1.29, 1.82) is 0 Å². The van der Waals surface area contributed by atoms with Crippen molar-refractivity contribution >= 4 is 11.8 Å². The number of benzene rings is 1. The summed E-state index contributed by atoms with van der Waals surface area (Å²) in [6.07, 6.45) is -10.0. The second kappa shape index (κ2) is 8.60. The highest BCUT2D eigenvalue weighted by molar-refractivity contribution is 5.94. The molecule has 1 aromatic carbocycles. The monoisotopic (exact) mass is 425 g/mol. The van der Waals surface area contributed by atoms with Gasteiger partial charge < -0.3 is 10.2 Å². The van der Waals surface area contributed by atoms with Crippen molar-refractivity contribution in [2.45, 2.75) is 32.2 Å². The summed E-state index contributed by atoms with van der Waals surface area (Å²) >= 11 is 0. The van der Waals surface area contributed by atoms with Gasteiger partial charge in [0.25, 0.3) is 5.91 Å². The van der Waals surface area contributed by atoms with E-state index in [0.29, 0.717) is 12.1 Å². The first kappa shape index (κ1) is 23.0. The Labute approximate surface area is 163 Å². The van der Waals surface area contributed by atoms with Gasteiger partial charge in [0.2, 0.25) is 5.91 Å². The van der Waals surface area contributed by atoms with Crippen molar-refractivity contribution in [2.24, 2.45) is 0 Å². The number of carbonyl (C=O) groups is 2. The van der Waals surface area contributed by atoms with Gasteiger partial charge in [-0.2, -0.15) is 26.3 Å². The summed E-state index contributed by atoms with van der Waals surface area (Å²) in [5.74, 6) is -1.11. The molecule has 29 heavy (non-hydrogen) atoms. The lowest BCUT2D eigenvalue weighted by Crippen LogP contribution is -2.51. The fraction of sp³-hybridized carbons (Fsp3) is 0.556. The number of rotatable bonds is 4. The molecule has 2 rings (SSSR count). The van der Waals surface area contributed by atoms with Crippen LogP contribution < -0.4 is 5.32 Å². The topological polar surface area (TPSA) is 52.7 Å². The molecule has 0 radical (unpaired) electrons. The number of nitrogens with zero attached hydrogens (tertiary/aromatic N) is 2. The van der Waals surface area contributed by atoms with E-state index in [1.54, 1.807) is 18.7 Å². The lowest BCUT2D eigenvalue weighted by molar-refractivity contribution is -0.143. The fourth-order valence-corrected chi connectivity index (χ4v) is 2.94. The maximum absolute atomic E-state index is 13.0. The Morgan fingerprint density at radius 1 is 0.931 bits per heavy atom. The zero-order chi connectivity index (χ0) is 22.0. The standard InChI is InChI=1S/C18H21F6N3O2/c1-11(2)25-15(28)10-26-3-5-27(6-4-26)16(29)12-7-13(17(19,20)21)9-14(8-12)18(22,23)24/h7-9,11H,3-6,10H2,1-2H3,(H,25,28). The van der Waals surface area contributed by atoms with Crippen LogP contribution in [0.4, 0.5) is 26.3 Å². The number of amides is 2. The molecule has 11 heteroatoms. The maximum atomic E-state index is 13.0. The van der Waals surface area contributed by atoms with Crippen LogP contribution in [-0.4, -0.2) is 60.4 Å². The van der Waals surface area contributed by atoms with Gasteiger partial charge in [-0.1, -0.05) is 0 Å². The van der Waals surface area contributed by atoms with Gasteiger partial charge in [-0.3, -0.25) is 14.5 Å². The number of carbonyl (C=O) groups excluding carboxylic acids is 2. The second-order valence-electron chi connectivity index (χ2n) is 7.09. The van der Waals surface area contributed by atoms with E-state index < -0.39 is 35.0 Å². The van der Waals surface area contributed by atoms with Gasteiger partial charge in [-0.15, -0.1) is 0 Å². The minimum atomic E-state index is -5.02. The summed E-state index contributed by atoms with van der Waals surface area (Å²) in [4.78, 5) is 27.2. The normalized spacial score (nSPS) is 16.2. The minimum Gasteiger partial charge on any atom is -0.353 e. The van der Waals surface area contributed by atoms with E-state index in [-0.39, 0.29) is 50.7 Å². The molecule has 5 nitrogen and oxygen atoms in total. The van der Waals surface area contributed by atoms with Gasteiger partial charge in [-0.05, 0) is 32.0 Å². The molecule has 1 fully saturated rings. The Morgan fingerprint density at radius 3 is 1.83 bits per heavy atom. The van der Waals surface area contributed by atoms with Crippen molar-refractivity contribution in [3.63, 3.8) is 0 Å². The Balaban J connectivity index is 2.12. The Hall–Kier alpha value is -2.30. The molecule has 0 saturated carbocycles. The van der Waals surface area contributed by atoms with Crippen LogP contribution in [0, 0.1) is 0 Å². The molecule has 1 aliphatic heterocycles. The molecule has 162 valence electrons. The first-order valence-corrected chi connectivity index (χ1v) is 8.88. The third kappa shape index (κ3) is 6.34. The Bertz CT molecular complexity index is 721. The van der Waals surface area contributed by atoms with E-state index >= 15 is 0 Å². The maximum Gasteiger partial charge on any atom is 0.416 e. The molecular formula is C18H21F6N3O2. The first-order chi connectivity index (χ1) is 13.3. The predicted molar refractivity (Wildman–Crippen MR) is 92.1 cm³/mol. The van der Waals surface area contributed by atoms with E-state index in [0.717, 1.165) is 0 Å². The SMILES string of the molecule is CC(C)NC(=O)CN1CCN(C(=O)c2cc(C(F)(F)F)cc(C(F)(F)F)c2)CC1. The molecular weight excluding hydrogens is 404 g/mol. The van der Waals surface area contributed by atoms with Crippen molar-refractivity contribution in [3.8, 4) is 0 Å². The van der Waals surface area contributed by atoms with Gasteiger partial charge in [0.05, 0.1) is 17.7 Å². The number of piperazine rings is 1. The summed E-state index contributed by atoms with van der Waals surface area (Å²) in [6, 6.07) is 0.816. The molecule has 0 unspecified atom stereocenters. The number of alkyl halides is 6. The molecule has 0 aliphatic carbocycles. The quantitative estimate of drug-likeness (QED) is 0.755. The Morgan fingerprint density at radius 2 is 1.41 bits per heavy atom. The van der Waals surface area contributed by atoms with E-state index in [4.69, 9.17) is 0 Å². The van der Waals surface area contributed by atoms with Gasteiger partial charge in [-0.25, -0.2) is 0 Å². The average Bonchev–Trinajstić information content (AvgIpc) is 2.59. The van der Waals surface area contributed by atoms with Gasteiger partial charge in [0.15, 0.2) is 0 Å². The molecule has 1 saturated heterocycles. The number of hydrogen-bond donors (Lipinski definition) is 1. The second-order valence-corrected chi connectivity index (χ2v) is 7.09. The summed E-state index contributed by atoms with van der Waals surface area (Å²) in [6.45, 7) is 4.45. The minimum absolute atomic E-state index is 0.0119. The van der Waals surface area contributed by atoms with Gasteiger partial charge in [0.1, 0.15) is 0 Å². The van der Waals surface area contributed by atoms with Crippen LogP contribution in [0.25, 0.3) is 0 Å². The first-order valence-electron chi connectivity index (χ1n) is 8.88. The number of halogens is 6. The average molecular weight is 425 g/mol. The zero-order valence-electron chi connectivity index (χ0n) is 15.8. The molecule has 0 atom stereocenters. The highest BCUT2D eigenvalue weighted by Gasteiger charge is 2.38. The smallest absolute Gasteiger partial charge is 0.353 e. The molecule has 0 spiro atoms. The van der Waals surface area contributed by atoms with Crippen LogP contribution in [0.3, 0.4) is 0 Å². The van der Waals surface area contributed by atoms with Gasteiger partial charge in [0, 0.05) is 37.8 Å². The van der Waals surface area contributed by atoms with Crippen molar-refractivity contribution in [3.05, 3.63) is 34.9 Å². The summed E-state index contributed by atoms with van der Waals surface area (Å²) in [5, 5.41) is 2.72. The van der Waals surface area contributed by atoms with Crippen LogP contribution in [0.2, 0.25) is 0 Å². The van der Waals surface area contributed by atoms with Crippen LogP contribution in [-0.2, 0) is 17.1 Å². The van der Waals surface area contributed by atoms with Crippen LogP contribution in [0.5, 0.6) is 0 Å². The highest BCUT2D eigenvalue weighted by atomic mass is 19.4.